The lowest BCUT2D eigenvalue weighted by molar-refractivity contribution is -0.121. The molecule has 0 aliphatic carbocycles. The number of hydrogen-bond donors (Lipinski definition) is 2. The van der Waals surface area contributed by atoms with Gasteiger partial charge in [-0.1, -0.05) is 6.07 Å². The summed E-state index contributed by atoms with van der Waals surface area (Å²) in [6, 6.07) is 4.11. The van der Waals surface area contributed by atoms with Gasteiger partial charge in [0.15, 0.2) is 0 Å². The third-order valence-corrected chi connectivity index (χ3v) is 3.95. The van der Waals surface area contributed by atoms with Crippen molar-refractivity contribution in [2.45, 2.75) is 33.2 Å². The summed E-state index contributed by atoms with van der Waals surface area (Å²) >= 11 is 0. The van der Waals surface area contributed by atoms with Crippen molar-refractivity contribution in [1.29, 1.82) is 0 Å². The summed E-state index contributed by atoms with van der Waals surface area (Å²) < 4.78 is 1.69. The van der Waals surface area contributed by atoms with Crippen molar-refractivity contribution in [2.24, 2.45) is 0 Å². The Morgan fingerprint density at radius 1 is 1.35 bits per heavy atom. The molecule has 0 atom stereocenters. The van der Waals surface area contributed by atoms with E-state index in [4.69, 9.17) is 0 Å². The standard InChI is InChI=1S/C16H20N6O/c1-11-3-4-13-16(12(11)2)21-14(20-13)5-6-15(23)18-7-8-22-10-17-9-19-22/h3-4,9-10H,5-8H2,1-2H3,(H,18,23)(H,20,21). The Kier molecular flexibility index (Phi) is 4.36. The number of aromatic amines is 1. The lowest BCUT2D eigenvalue weighted by Crippen LogP contribution is -2.27. The van der Waals surface area contributed by atoms with E-state index < -0.39 is 0 Å². The van der Waals surface area contributed by atoms with Crippen molar-refractivity contribution in [3.63, 3.8) is 0 Å². The second-order valence-corrected chi connectivity index (χ2v) is 5.60. The van der Waals surface area contributed by atoms with Crippen LogP contribution >= 0.6 is 0 Å². The van der Waals surface area contributed by atoms with Gasteiger partial charge in [0.25, 0.3) is 0 Å². The largest absolute Gasteiger partial charge is 0.354 e. The number of carbonyl (C=O) groups is 1. The number of H-pyrrole nitrogens is 1. The highest BCUT2D eigenvalue weighted by Crippen LogP contribution is 2.19. The van der Waals surface area contributed by atoms with Gasteiger partial charge in [-0.15, -0.1) is 0 Å². The van der Waals surface area contributed by atoms with Crippen LogP contribution in [0.15, 0.2) is 24.8 Å². The maximum absolute atomic E-state index is 11.9. The number of rotatable bonds is 6. The van der Waals surface area contributed by atoms with E-state index in [0.29, 0.717) is 25.9 Å². The van der Waals surface area contributed by atoms with E-state index in [1.54, 1.807) is 11.0 Å². The van der Waals surface area contributed by atoms with Crippen LogP contribution in [0.3, 0.4) is 0 Å². The molecule has 1 aromatic carbocycles. The molecule has 0 radical (unpaired) electrons. The zero-order valence-corrected chi connectivity index (χ0v) is 13.3. The van der Waals surface area contributed by atoms with Crippen molar-refractivity contribution >= 4 is 16.9 Å². The molecular formula is C16H20N6O. The smallest absolute Gasteiger partial charge is 0.220 e. The molecule has 0 spiro atoms. The Hall–Kier alpha value is -2.70. The van der Waals surface area contributed by atoms with E-state index in [2.05, 4.69) is 45.3 Å². The van der Waals surface area contributed by atoms with Crippen LogP contribution in [-0.2, 0) is 17.8 Å². The predicted octanol–water partition coefficient (Wildman–Crippen LogP) is 1.52. The summed E-state index contributed by atoms with van der Waals surface area (Å²) in [4.78, 5) is 23.6. The molecule has 2 aromatic heterocycles. The van der Waals surface area contributed by atoms with E-state index in [1.807, 2.05) is 6.07 Å². The summed E-state index contributed by atoms with van der Waals surface area (Å²) in [6.45, 7) is 5.31. The van der Waals surface area contributed by atoms with Gasteiger partial charge in [0, 0.05) is 19.4 Å². The van der Waals surface area contributed by atoms with Gasteiger partial charge in [-0.3, -0.25) is 9.48 Å². The minimum Gasteiger partial charge on any atom is -0.354 e. The number of aromatic nitrogens is 5. The normalized spacial score (nSPS) is 11.0. The monoisotopic (exact) mass is 312 g/mol. The molecule has 2 heterocycles. The molecule has 2 N–H and O–H groups in total. The molecule has 3 rings (SSSR count). The van der Waals surface area contributed by atoms with E-state index in [-0.39, 0.29) is 5.91 Å². The fourth-order valence-corrected chi connectivity index (χ4v) is 2.46. The molecule has 3 aromatic rings. The molecular weight excluding hydrogens is 292 g/mol. The number of imidazole rings is 1. The molecule has 0 bridgehead atoms. The number of nitrogens with one attached hydrogen (secondary N) is 2. The minimum atomic E-state index is 0.0125. The van der Waals surface area contributed by atoms with Crippen molar-refractivity contribution in [2.75, 3.05) is 6.54 Å². The Bertz CT molecular complexity index is 805. The van der Waals surface area contributed by atoms with Crippen LogP contribution in [-0.4, -0.2) is 37.2 Å². The second-order valence-electron chi connectivity index (χ2n) is 5.60. The predicted molar refractivity (Wildman–Crippen MR) is 86.9 cm³/mol. The molecule has 0 unspecified atom stereocenters. The summed E-state index contributed by atoms with van der Waals surface area (Å²) in [7, 11) is 0. The van der Waals surface area contributed by atoms with Crippen molar-refractivity contribution in [1.82, 2.24) is 30.0 Å². The Labute approximate surface area is 134 Å². The van der Waals surface area contributed by atoms with Crippen LogP contribution < -0.4 is 5.32 Å². The van der Waals surface area contributed by atoms with Crippen molar-refractivity contribution < 1.29 is 4.79 Å². The molecule has 0 aliphatic heterocycles. The van der Waals surface area contributed by atoms with Gasteiger partial charge >= 0.3 is 0 Å². The Morgan fingerprint density at radius 3 is 3.00 bits per heavy atom. The first-order valence-electron chi connectivity index (χ1n) is 7.67. The molecule has 7 nitrogen and oxygen atoms in total. The fraction of sp³-hybridized carbons (Fsp3) is 0.375. The number of nitrogens with zero attached hydrogens (tertiary/aromatic N) is 4. The number of hydrogen-bond acceptors (Lipinski definition) is 4. The average Bonchev–Trinajstić information content (AvgIpc) is 3.18. The Balaban J connectivity index is 1.51. The summed E-state index contributed by atoms with van der Waals surface area (Å²) in [5.74, 6) is 0.860. The van der Waals surface area contributed by atoms with Gasteiger partial charge in [0.2, 0.25) is 5.91 Å². The molecule has 0 saturated carbocycles. The number of fused-ring (bicyclic) bond motifs is 1. The van der Waals surface area contributed by atoms with Crippen LogP contribution in [0.2, 0.25) is 0 Å². The van der Waals surface area contributed by atoms with E-state index >= 15 is 0 Å². The van der Waals surface area contributed by atoms with Gasteiger partial charge in [-0.25, -0.2) is 9.97 Å². The first-order valence-corrected chi connectivity index (χ1v) is 7.67. The third-order valence-electron chi connectivity index (χ3n) is 3.95. The maximum atomic E-state index is 11.9. The highest BCUT2D eigenvalue weighted by Gasteiger charge is 2.09. The summed E-state index contributed by atoms with van der Waals surface area (Å²) in [5, 5.41) is 6.86. The Morgan fingerprint density at radius 2 is 2.22 bits per heavy atom. The van der Waals surface area contributed by atoms with Crippen LogP contribution in [0.5, 0.6) is 0 Å². The van der Waals surface area contributed by atoms with Crippen LogP contribution in [0.25, 0.3) is 11.0 Å². The van der Waals surface area contributed by atoms with E-state index in [1.165, 1.54) is 17.5 Å². The molecule has 1 amide bonds. The topological polar surface area (TPSA) is 88.5 Å². The zero-order valence-electron chi connectivity index (χ0n) is 13.3. The maximum Gasteiger partial charge on any atom is 0.220 e. The first-order chi connectivity index (χ1) is 11.1. The fourth-order valence-electron chi connectivity index (χ4n) is 2.46. The number of amides is 1. The molecule has 7 heteroatoms. The molecule has 23 heavy (non-hydrogen) atoms. The number of carbonyl (C=O) groups excluding carboxylic acids is 1. The van der Waals surface area contributed by atoms with Gasteiger partial charge in [-0.2, -0.15) is 5.10 Å². The first kappa shape index (κ1) is 15.2. The quantitative estimate of drug-likeness (QED) is 0.722. The molecule has 0 aliphatic rings. The molecule has 120 valence electrons. The second kappa shape index (κ2) is 6.60. The SMILES string of the molecule is Cc1ccc2[nH]c(CCC(=O)NCCn3cncn3)nc2c1C. The lowest BCUT2D eigenvalue weighted by atomic mass is 10.1. The molecule has 0 saturated heterocycles. The lowest BCUT2D eigenvalue weighted by Gasteiger charge is -2.04. The average molecular weight is 312 g/mol. The zero-order chi connectivity index (χ0) is 16.2. The third kappa shape index (κ3) is 3.56. The highest BCUT2D eigenvalue weighted by atomic mass is 16.1. The van der Waals surface area contributed by atoms with Crippen LogP contribution in [0.4, 0.5) is 0 Å². The molecule has 0 fully saturated rings. The number of aryl methyl sites for hydroxylation is 3. The minimum absolute atomic E-state index is 0.0125. The van der Waals surface area contributed by atoms with Crippen molar-refractivity contribution in [3.05, 3.63) is 41.7 Å². The van der Waals surface area contributed by atoms with Crippen LogP contribution in [0, 0.1) is 13.8 Å². The number of benzene rings is 1. The summed E-state index contributed by atoms with van der Waals surface area (Å²) in [5.41, 5.74) is 4.42. The van der Waals surface area contributed by atoms with Gasteiger partial charge in [-0.05, 0) is 31.0 Å². The van der Waals surface area contributed by atoms with Gasteiger partial charge < -0.3 is 10.3 Å². The van der Waals surface area contributed by atoms with Gasteiger partial charge in [0.1, 0.15) is 18.5 Å². The van der Waals surface area contributed by atoms with E-state index in [0.717, 1.165) is 16.9 Å². The highest BCUT2D eigenvalue weighted by molar-refractivity contribution is 5.80. The van der Waals surface area contributed by atoms with Crippen LogP contribution in [0.1, 0.15) is 23.4 Å². The summed E-state index contributed by atoms with van der Waals surface area (Å²) in [6.07, 6.45) is 4.12. The van der Waals surface area contributed by atoms with Crippen molar-refractivity contribution in [3.8, 4) is 0 Å². The van der Waals surface area contributed by atoms with E-state index in [9.17, 15) is 4.79 Å². The van der Waals surface area contributed by atoms with Gasteiger partial charge in [0.05, 0.1) is 17.6 Å².